The van der Waals surface area contributed by atoms with E-state index in [-0.39, 0.29) is 58.7 Å². The Bertz CT molecular complexity index is 616. The van der Waals surface area contributed by atoms with Gasteiger partial charge in [0.25, 0.3) is 0 Å². The van der Waals surface area contributed by atoms with Crippen molar-refractivity contribution in [1.29, 1.82) is 0 Å². The SMILES string of the molecule is O=C(O)c1ccccc1[S+]([O-])c1ccccc1C(=O)O.[CaH2]. The molecule has 2 aromatic carbocycles. The monoisotopic (exact) mass is 332 g/mol. The van der Waals surface area contributed by atoms with Gasteiger partial charge in [-0.1, -0.05) is 24.3 Å². The molecule has 0 aliphatic carbocycles. The topological polar surface area (TPSA) is 97.7 Å². The Morgan fingerprint density at radius 2 is 1.14 bits per heavy atom. The Hall–Kier alpha value is -1.05. The molecular weight excluding hydrogens is 320 g/mol. The molecule has 21 heavy (non-hydrogen) atoms. The zero-order valence-corrected chi connectivity index (χ0v) is 11.0. The summed E-state index contributed by atoms with van der Waals surface area (Å²) in [5.41, 5.74) is -0.211. The van der Waals surface area contributed by atoms with Gasteiger partial charge in [0.2, 0.25) is 0 Å². The van der Waals surface area contributed by atoms with Crippen molar-refractivity contribution in [3.05, 3.63) is 59.7 Å². The Labute approximate surface area is 153 Å². The molecule has 2 N–H and O–H groups in total. The summed E-state index contributed by atoms with van der Waals surface area (Å²) in [6.07, 6.45) is 0. The molecule has 0 atom stereocenters. The molecule has 0 aliphatic rings. The van der Waals surface area contributed by atoms with Crippen LogP contribution >= 0.6 is 0 Å². The van der Waals surface area contributed by atoms with E-state index in [0.717, 1.165) is 0 Å². The van der Waals surface area contributed by atoms with Crippen LogP contribution in [0.5, 0.6) is 0 Å². The second-order valence-electron chi connectivity index (χ2n) is 3.87. The quantitative estimate of drug-likeness (QED) is 0.650. The van der Waals surface area contributed by atoms with Gasteiger partial charge in [-0.15, -0.1) is 0 Å². The van der Waals surface area contributed by atoms with E-state index in [1.54, 1.807) is 12.1 Å². The maximum atomic E-state index is 12.5. The molecule has 0 fully saturated rings. The van der Waals surface area contributed by atoms with Crippen LogP contribution in [0.2, 0.25) is 0 Å². The third-order valence-corrected chi connectivity index (χ3v) is 4.15. The van der Waals surface area contributed by atoms with E-state index >= 15 is 0 Å². The van der Waals surface area contributed by atoms with Gasteiger partial charge in [-0.25, -0.2) is 9.59 Å². The van der Waals surface area contributed by atoms with Crippen molar-refractivity contribution in [3.8, 4) is 0 Å². The average molecular weight is 332 g/mol. The first-order chi connectivity index (χ1) is 9.52. The molecule has 0 saturated heterocycles. The summed E-state index contributed by atoms with van der Waals surface area (Å²) in [6.45, 7) is 0. The van der Waals surface area contributed by atoms with Crippen molar-refractivity contribution in [3.63, 3.8) is 0 Å². The minimum absolute atomic E-state index is 0. The molecule has 0 amide bonds. The predicted molar refractivity (Wildman–Crippen MR) is 80.0 cm³/mol. The van der Waals surface area contributed by atoms with Gasteiger partial charge in [0.05, 0.1) is 0 Å². The zero-order chi connectivity index (χ0) is 14.7. The van der Waals surface area contributed by atoms with Crippen LogP contribution in [0, 0.1) is 0 Å². The van der Waals surface area contributed by atoms with Crippen molar-refractivity contribution in [2.75, 3.05) is 0 Å². The van der Waals surface area contributed by atoms with E-state index in [2.05, 4.69) is 0 Å². The summed E-state index contributed by atoms with van der Waals surface area (Å²) in [7, 11) is 0. The number of hydrogen-bond acceptors (Lipinski definition) is 3. The van der Waals surface area contributed by atoms with Gasteiger partial charge < -0.3 is 14.8 Å². The first-order valence-corrected chi connectivity index (χ1v) is 6.73. The van der Waals surface area contributed by atoms with Crippen LogP contribution in [0.4, 0.5) is 0 Å². The molecule has 7 heteroatoms. The Morgan fingerprint density at radius 3 is 1.48 bits per heavy atom. The van der Waals surface area contributed by atoms with Crippen LogP contribution in [0.3, 0.4) is 0 Å². The number of rotatable bonds is 4. The molecule has 0 aliphatic heterocycles. The summed E-state index contributed by atoms with van der Waals surface area (Å²) in [5, 5.41) is 18.2. The van der Waals surface area contributed by atoms with Crippen LogP contribution in [-0.2, 0) is 11.2 Å². The first kappa shape index (κ1) is 18.0. The van der Waals surface area contributed by atoms with Crippen LogP contribution in [0.25, 0.3) is 0 Å². The van der Waals surface area contributed by atoms with Gasteiger partial charge in [-0.05, 0) is 24.3 Å². The van der Waals surface area contributed by atoms with Crippen molar-refractivity contribution < 1.29 is 24.4 Å². The fourth-order valence-corrected chi connectivity index (χ4v) is 3.08. The standard InChI is InChI=1S/C14H10O5S.Ca.2H/c15-13(16)9-5-1-3-7-11(9)20(19)12-8-4-2-6-10(12)14(17)18;;;/h1-8H,(H,15,16)(H,17,18);;;. The molecule has 2 aromatic rings. The third-order valence-electron chi connectivity index (χ3n) is 2.63. The number of carboxylic acids is 2. The van der Waals surface area contributed by atoms with E-state index in [9.17, 15) is 14.1 Å². The zero-order valence-electron chi connectivity index (χ0n) is 10.1. The Morgan fingerprint density at radius 1 is 0.810 bits per heavy atom. The number of hydrogen-bond donors (Lipinski definition) is 2. The normalized spacial score (nSPS) is 10.0. The maximum absolute atomic E-state index is 12.5. The molecule has 5 nitrogen and oxygen atoms in total. The Kier molecular flexibility index (Phi) is 6.70. The number of carbonyl (C=O) groups is 2. The Balaban J connectivity index is 0.00000220. The molecule has 106 valence electrons. The second-order valence-corrected chi connectivity index (χ2v) is 5.29. The summed E-state index contributed by atoms with van der Waals surface area (Å²) >= 11 is -1.87. The summed E-state index contributed by atoms with van der Waals surface area (Å²) in [5.74, 6) is -2.41. The number of benzene rings is 2. The molecule has 0 radical (unpaired) electrons. The van der Waals surface area contributed by atoms with Crippen molar-refractivity contribution in [1.82, 2.24) is 0 Å². The predicted octanol–water partition coefficient (Wildman–Crippen LogP) is 1.33. The van der Waals surface area contributed by atoms with Crippen LogP contribution in [0.1, 0.15) is 20.7 Å². The molecule has 0 aromatic heterocycles. The van der Waals surface area contributed by atoms with Gasteiger partial charge in [0.15, 0.2) is 9.79 Å². The van der Waals surface area contributed by atoms with E-state index in [1.807, 2.05) is 0 Å². The first-order valence-electron chi connectivity index (χ1n) is 5.59. The van der Waals surface area contributed by atoms with Gasteiger partial charge in [0, 0.05) is 11.2 Å². The van der Waals surface area contributed by atoms with Crippen molar-refractivity contribution in [2.24, 2.45) is 0 Å². The summed E-state index contributed by atoms with van der Waals surface area (Å²) in [6, 6.07) is 11.7. The van der Waals surface area contributed by atoms with Crippen molar-refractivity contribution >= 4 is 60.9 Å². The molecule has 0 bridgehead atoms. The molecule has 0 unspecified atom stereocenters. The van der Waals surface area contributed by atoms with Gasteiger partial charge in [-0.3, -0.25) is 0 Å². The molecule has 2 rings (SSSR count). The van der Waals surface area contributed by atoms with Crippen molar-refractivity contribution in [2.45, 2.75) is 9.79 Å². The third kappa shape index (κ3) is 3.99. The van der Waals surface area contributed by atoms with Crippen LogP contribution < -0.4 is 0 Å². The molecule has 0 spiro atoms. The van der Waals surface area contributed by atoms with E-state index in [1.165, 1.54) is 36.4 Å². The number of carboxylic acid groups (broad SMARTS) is 2. The fourth-order valence-electron chi connectivity index (χ4n) is 1.73. The molecule has 0 saturated carbocycles. The fraction of sp³-hybridized carbons (Fsp3) is 0. The number of aromatic carboxylic acids is 2. The summed E-state index contributed by atoms with van der Waals surface area (Å²) < 4.78 is 12.5. The van der Waals surface area contributed by atoms with E-state index < -0.39 is 23.1 Å². The van der Waals surface area contributed by atoms with Gasteiger partial charge in [-0.2, -0.15) is 0 Å². The second kappa shape index (κ2) is 7.82. The van der Waals surface area contributed by atoms with Gasteiger partial charge in [0.1, 0.15) is 11.1 Å². The van der Waals surface area contributed by atoms with E-state index in [0.29, 0.717) is 0 Å². The summed E-state index contributed by atoms with van der Waals surface area (Å²) in [4.78, 5) is 22.4. The van der Waals surface area contributed by atoms with E-state index in [4.69, 9.17) is 10.2 Å². The van der Waals surface area contributed by atoms with Crippen LogP contribution in [-0.4, -0.2) is 64.4 Å². The average Bonchev–Trinajstić information content (AvgIpc) is 2.46. The molecular formula is C14H12CaO5S. The molecule has 0 heterocycles. The van der Waals surface area contributed by atoms with Crippen LogP contribution in [0.15, 0.2) is 58.3 Å². The minimum atomic E-state index is -1.87. The van der Waals surface area contributed by atoms with Gasteiger partial charge >= 0.3 is 49.7 Å².